The Hall–Kier alpha value is -2.16. The van der Waals surface area contributed by atoms with Crippen molar-refractivity contribution in [2.45, 2.75) is 40.0 Å². The van der Waals surface area contributed by atoms with E-state index in [1.165, 1.54) is 5.56 Å². The molecule has 0 heterocycles. The Bertz CT molecular complexity index is 671. The summed E-state index contributed by atoms with van der Waals surface area (Å²) < 4.78 is 0. The first-order valence-electron chi connectivity index (χ1n) is 7.15. The van der Waals surface area contributed by atoms with Gasteiger partial charge in [-0.1, -0.05) is 29.8 Å². The largest absolute Gasteiger partial charge is 0.481 e. The molecule has 0 spiro atoms. The van der Waals surface area contributed by atoms with Crippen molar-refractivity contribution >= 4 is 11.8 Å². The standard InChI is InChI=1S/C18H20O3/c1-11-9-12(2)14-7-8-15(18(14)13(3)10-11)16(19)5-4-6-17(20)21/h7-10H,4-6H2,1-3H3,(H,20,21). The molecule has 0 aliphatic heterocycles. The molecule has 21 heavy (non-hydrogen) atoms. The number of fused-ring (bicyclic) bond motifs is 1. The van der Waals surface area contributed by atoms with Gasteiger partial charge in [0.2, 0.25) is 0 Å². The van der Waals surface area contributed by atoms with Crippen molar-refractivity contribution in [3.63, 3.8) is 0 Å². The topological polar surface area (TPSA) is 54.4 Å². The second kappa shape index (κ2) is 6.08. The summed E-state index contributed by atoms with van der Waals surface area (Å²) in [5.74, 6) is -0.832. The second-order valence-electron chi connectivity index (χ2n) is 5.60. The highest BCUT2D eigenvalue weighted by Crippen LogP contribution is 2.34. The molecule has 0 amide bonds. The van der Waals surface area contributed by atoms with Gasteiger partial charge in [-0.15, -0.1) is 0 Å². The molecule has 0 bridgehead atoms. The highest BCUT2D eigenvalue weighted by atomic mass is 16.4. The number of hydrogen-bond acceptors (Lipinski definition) is 2. The minimum Gasteiger partial charge on any atom is -0.481 e. The van der Waals surface area contributed by atoms with Crippen LogP contribution in [0.3, 0.4) is 0 Å². The molecule has 0 saturated carbocycles. The van der Waals surface area contributed by atoms with Crippen molar-refractivity contribution in [1.29, 1.82) is 0 Å². The third kappa shape index (κ3) is 3.30. The van der Waals surface area contributed by atoms with E-state index in [-0.39, 0.29) is 18.6 Å². The smallest absolute Gasteiger partial charge is 0.303 e. The normalized spacial score (nSPS) is 10.8. The fourth-order valence-electron chi connectivity index (χ4n) is 2.87. The lowest BCUT2D eigenvalue weighted by molar-refractivity contribution is -0.137. The molecule has 1 N–H and O–H groups in total. The Balaban J connectivity index is 2.36. The minimum absolute atomic E-state index is 0.0256. The van der Waals surface area contributed by atoms with Crippen LogP contribution in [0.25, 0.3) is 11.1 Å². The second-order valence-corrected chi connectivity index (χ2v) is 5.60. The van der Waals surface area contributed by atoms with Crippen LogP contribution in [-0.4, -0.2) is 16.9 Å². The van der Waals surface area contributed by atoms with E-state index in [0.29, 0.717) is 12.0 Å². The number of carboxylic acid groups (broad SMARTS) is 1. The van der Waals surface area contributed by atoms with Crippen LogP contribution in [0.4, 0.5) is 0 Å². The number of ketones is 1. The highest BCUT2D eigenvalue weighted by Gasteiger charge is 2.18. The molecule has 0 aromatic heterocycles. The number of carbonyl (C=O) groups is 2. The molecule has 2 aliphatic rings. The van der Waals surface area contributed by atoms with Crippen molar-refractivity contribution in [2.75, 3.05) is 0 Å². The number of carbonyl (C=O) groups excluding carboxylic acids is 1. The first-order valence-corrected chi connectivity index (χ1v) is 7.15. The molecule has 110 valence electrons. The van der Waals surface area contributed by atoms with Gasteiger partial charge in [0.25, 0.3) is 0 Å². The van der Waals surface area contributed by atoms with E-state index < -0.39 is 5.97 Å². The van der Waals surface area contributed by atoms with Crippen LogP contribution in [-0.2, 0) is 4.79 Å². The quantitative estimate of drug-likeness (QED) is 0.839. The number of hydrogen-bond donors (Lipinski definition) is 1. The molecule has 2 aliphatic carbocycles. The highest BCUT2D eigenvalue weighted by molar-refractivity contribution is 6.04. The zero-order valence-electron chi connectivity index (χ0n) is 12.7. The minimum atomic E-state index is -0.857. The van der Waals surface area contributed by atoms with Crippen molar-refractivity contribution in [2.24, 2.45) is 0 Å². The van der Waals surface area contributed by atoms with Crippen molar-refractivity contribution in [3.8, 4) is 11.1 Å². The Morgan fingerprint density at radius 3 is 2.33 bits per heavy atom. The van der Waals surface area contributed by atoms with E-state index in [1.807, 2.05) is 32.9 Å². The third-order valence-corrected chi connectivity index (χ3v) is 3.76. The number of rotatable bonds is 5. The molecule has 0 aromatic carbocycles. The maximum atomic E-state index is 12.4. The zero-order valence-corrected chi connectivity index (χ0v) is 12.7. The summed E-state index contributed by atoms with van der Waals surface area (Å²) in [6.07, 6.45) is 0.702. The Morgan fingerprint density at radius 2 is 1.67 bits per heavy atom. The molecule has 0 saturated heterocycles. The molecular weight excluding hydrogens is 264 g/mol. The summed E-state index contributed by atoms with van der Waals surface area (Å²) in [5.41, 5.74) is 6.22. The molecule has 0 radical (unpaired) electrons. The molecule has 3 heteroatoms. The Morgan fingerprint density at radius 1 is 1.00 bits per heavy atom. The fraction of sp³-hybridized carbons (Fsp3) is 0.333. The average Bonchev–Trinajstić information content (AvgIpc) is 2.78. The van der Waals surface area contributed by atoms with Crippen LogP contribution in [0.15, 0.2) is 24.3 Å². The Kier molecular flexibility index (Phi) is 4.41. The number of aliphatic carboxylic acids is 1. The van der Waals surface area contributed by atoms with Crippen molar-refractivity contribution in [3.05, 3.63) is 46.5 Å². The summed E-state index contributed by atoms with van der Waals surface area (Å²) in [4.78, 5) is 22.9. The maximum absolute atomic E-state index is 12.4. The van der Waals surface area contributed by atoms with E-state index in [1.54, 1.807) is 0 Å². The van der Waals surface area contributed by atoms with Gasteiger partial charge in [-0.25, -0.2) is 0 Å². The predicted molar refractivity (Wildman–Crippen MR) is 83.1 cm³/mol. The lowest BCUT2D eigenvalue weighted by Crippen LogP contribution is -2.02. The predicted octanol–water partition coefficient (Wildman–Crippen LogP) is 4.15. The molecule has 0 unspecified atom stereocenters. The van der Waals surface area contributed by atoms with Gasteiger partial charge in [-0.05, 0) is 49.4 Å². The number of Topliss-reactive ketones (excluding diaryl/α,β-unsaturated/α-hetero) is 1. The SMILES string of the molecule is Cc1cc(C)c2ccc(C(=O)CCCC(=O)O)c-2c(C)c1. The summed E-state index contributed by atoms with van der Waals surface area (Å²) >= 11 is 0. The van der Waals surface area contributed by atoms with Crippen LogP contribution in [0.5, 0.6) is 0 Å². The van der Waals surface area contributed by atoms with E-state index >= 15 is 0 Å². The summed E-state index contributed by atoms with van der Waals surface area (Å²) in [6, 6.07) is 8.06. The summed E-state index contributed by atoms with van der Waals surface area (Å²) in [5, 5.41) is 8.66. The molecule has 0 fully saturated rings. The first kappa shape index (κ1) is 15.2. The van der Waals surface area contributed by atoms with Gasteiger partial charge >= 0.3 is 5.97 Å². The van der Waals surface area contributed by atoms with Gasteiger partial charge in [0.15, 0.2) is 5.78 Å². The first-order chi connectivity index (χ1) is 9.90. The lowest BCUT2D eigenvalue weighted by Gasteiger charge is -2.05. The van der Waals surface area contributed by atoms with Crippen LogP contribution in [0.1, 0.15) is 46.3 Å². The van der Waals surface area contributed by atoms with Gasteiger partial charge in [0, 0.05) is 18.4 Å². The van der Waals surface area contributed by atoms with E-state index in [9.17, 15) is 9.59 Å². The number of carboxylic acids is 1. The lowest BCUT2D eigenvalue weighted by atomic mass is 9.97. The zero-order chi connectivity index (χ0) is 15.6. The molecular formula is C18H20O3. The number of aryl methyl sites for hydroxylation is 3. The Labute approximate surface area is 125 Å². The van der Waals surface area contributed by atoms with Crippen LogP contribution in [0, 0.1) is 20.8 Å². The van der Waals surface area contributed by atoms with Gasteiger partial charge in [0.1, 0.15) is 0 Å². The summed E-state index contributed by atoms with van der Waals surface area (Å²) in [6.45, 7) is 6.11. The molecule has 0 aromatic rings. The monoisotopic (exact) mass is 284 g/mol. The van der Waals surface area contributed by atoms with E-state index in [2.05, 4.69) is 12.1 Å². The van der Waals surface area contributed by atoms with Crippen LogP contribution < -0.4 is 0 Å². The van der Waals surface area contributed by atoms with E-state index in [0.717, 1.165) is 22.3 Å². The van der Waals surface area contributed by atoms with Crippen molar-refractivity contribution in [1.82, 2.24) is 0 Å². The molecule has 3 nitrogen and oxygen atoms in total. The van der Waals surface area contributed by atoms with Gasteiger partial charge < -0.3 is 5.11 Å². The molecule has 0 atom stereocenters. The fourth-order valence-corrected chi connectivity index (χ4v) is 2.87. The summed E-state index contributed by atoms with van der Waals surface area (Å²) in [7, 11) is 0. The van der Waals surface area contributed by atoms with Gasteiger partial charge in [0.05, 0.1) is 0 Å². The van der Waals surface area contributed by atoms with Gasteiger partial charge in [-0.3, -0.25) is 9.59 Å². The maximum Gasteiger partial charge on any atom is 0.303 e. The average molecular weight is 284 g/mol. The van der Waals surface area contributed by atoms with Gasteiger partial charge in [-0.2, -0.15) is 0 Å². The molecule has 2 rings (SSSR count). The van der Waals surface area contributed by atoms with E-state index in [4.69, 9.17) is 5.11 Å². The van der Waals surface area contributed by atoms with Crippen LogP contribution in [0.2, 0.25) is 0 Å². The van der Waals surface area contributed by atoms with Crippen molar-refractivity contribution < 1.29 is 14.7 Å². The van der Waals surface area contributed by atoms with Crippen LogP contribution >= 0.6 is 0 Å². The third-order valence-electron chi connectivity index (χ3n) is 3.76.